The summed E-state index contributed by atoms with van der Waals surface area (Å²) in [6, 6.07) is 11.3. The molecule has 0 aromatic carbocycles. The lowest BCUT2D eigenvalue weighted by atomic mass is 9.96. The number of hydrogen-bond donors (Lipinski definition) is 0. The van der Waals surface area contributed by atoms with Crippen molar-refractivity contribution in [3.63, 3.8) is 0 Å². The second-order valence-corrected chi connectivity index (χ2v) is 3.84. The van der Waals surface area contributed by atoms with E-state index in [9.17, 15) is 4.79 Å². The largest absolute Gasteiger partial charge is 0.469 e. The molecule has 4 heteroatoms. The van der Waals surface area contributed by atoms with Gasteiger partial charge in [0.15, 0.2) is 0 Å². The Morgan fingerprint density at radius 2 is 1.67 bits per heavy atom. The van der Waals surface area contributed by atoms with Crippen LogP contribution in [0.25, 0.3) is 0 Å². The molecular formula is C14H14N2O2. The zero-order valence-electron chi connectivity index (χ0n) is 10.1. The number of pyridine rings is 2. The van der Waals surface area contributed by atoms with Crippen molar-refractivity contribution in [2.45, 2.75) is 12.3 Å². The highest BCUT2D eigenvalue weighted by molar-refractivity contribution is 5.70. The first-order valence-electron chi connectivity index (χ1n) is 5.70. The van der Waals surface area contributed by atoms with Crippen molar-refractivity contribution in [2.24, 2.45) is 0 Å². The first-order valence-corrected chi connectivity index (χ1v) is 5.70. The van der Waals surface area contributed by atoms with Gasteiger partial charge < -0.3 is 4.74 Å². The van der Waals surface area contributed by atoms with Crippen molar-refractivity contribution in [3.05, 3.63) is 60.2 Å². The predicted octanol–water partition coefficient (Wildman–Crippen LogP) is 2.17. The molecule has 2 aromatic rings. The minimum Gasteiger partial charge on any atom is -0.469 e. The van der Waals surface area contributed by atoms with E-state index in [1.807, 2.05) is 36.4 Å². The predicted molar refractivity (Wildman–Crippen MR) is 67.0 cm³/mol. The maximum Gasteiger partial charge on any atom is 0.306 e. The monoisotopic (exact) mass is 242 g/mol. The summed E-state index contributed by atoms with van der Waals surface area (Å²) in [6.07, 6.45) is 3.66. The Bertz CT molecular complexity index is 460. The molecule has 92 valence electrons. The molecule has 0 saturated carbocycles. The number of carbonyl (C=O) groups is 1. The van der Waals surface area contributed by atoms with Crippen LogP contribution in [-0.2, 0) is 9.53 Å². The number of carbonyl (C=O) groups excluding carboxylic acids is 1. The maximum absolute atomic E-state index is 11.5. The molecule has 0 spiro atoms. The quantitative estimate of drug-likeness (QED) is 0.771. The van der Waals surface area contributed by atoms with E-state index in [4.69, 9.17) is 4.74 Å². The van der Waals surface area contributed by atoms with Gasteiger partial charge in [0.25, 0.3) is 0 Å². The van der Waals surface area contributed by atoms with Crippen molar-refractivity contribution in [1.82, 2.24) is 9.97 Å². The van der Waals surface area contributed by atoms with Crippen LogP contribution in [0.1, 0.15) is 23.7 Å². The molecule has 2 heterocycles. The van der Waals surface area contributed by atoms with Crippen LogP contribution in [0.2, 0.25) is 0 Å². The SMILES string of the molecule is COC(=O)CC(c1ccccn1)c1ccccn1. The molecule has 0 N–H and O–H groups in total. The van der Waals surface area contributed by atoms with Crippen molar-refractivity contribution in [2.75, 3.05) is 7.11 Å². The molecule has 18 heavy (non-hydrogen) atoms. The van der Waals surface area contributed by atoms with E-state index in [1.165, 1.54) is 7.11 Å². The maximum atomic E-state index is 11.5. The molecule has 0 atom stereocenters. The van der Waals surface area contributed by atoms with Gasteiger partial charge in [-0.3, -0.25) is 14.8 Å². The minimum absolute atomic E-state index is 0.167. The number of hydrogen-bond acceptors (Lipinski definition) is 4. The van der Waals surface area contributed by atoms with Gasteiger partial charge in [-0.15, -0.1) is 0 Å². The standard InChI is InChI=1S/C14H14N2O2/c1-18-14(17)10-11(12-6-2-4-8-15-12)13-7-3-5-9-16-13/h2-9,11H,10H2,1H3. The van der Waals surface area contributed by atoms with Crippen LogP contribution in [0, 0.1) is 0 Å². The summed E-state index contributed by atoms with van der Waals surface area (Å²) in [5, 5.41) is 0. The Balaban J connectivity index is 2.32. The number of methoxy groups -OCH3 is 1. The van der Waals surface area contributed by atoms with Gasteiger partial charge >= 0.3 is 5.97 Å². The number of ether oxygens (including phenoxy) is 1. The molecule has 0 bridgehead atoms. The molecule has 4 nitrogen and oxygen atoms in total. The van der Waals surface area contributed by atoms with Crippen LogP contribution < -0.4 is 0 Å². The lowest BCUT2D eigenvalue weighted by Gasteiger charge is -2.14. The molecular weight excluding hydrogens is 228 g/mol. The van der Waals surface area contributed by atoms with Gasteiger partial charge in [-0.2, -0.15) is 0 Å². The summed E-state index contributed by atoms with van der Waals surface area (Å²) in [4.78, 5) is 20.1. The average molecular weight is 242 g/mol. The van der Waals surface area contributed by atoms with E-state index in [1.54, 1.807) is 12.4 Å². The summed E-state index contributed by atoms with van der Waals surface area (Å²) >= 11 is 0. The third-order valence-electron chi connectivity index (χ3n) is 2.69. The second kappa shape index (κ2) is 5.91. The van der Waals surface area contributed by atoms with Gasteiger partial charge in [0.2, 0.25) is 0 Å². The second-order valence-electron chi connectivity index (χ2n) is 3.84. The molecule has 0 aliphatic heterocycles. The Morgan fingerprint density at radius 3 is 2.06 bits per heavy atom. The summed E-state index contributed by atoms with van der Waals surface area (Å²) in [7, 11) is 1.39. The molecule has 0 radical (unpaired) electrons. The van der Waals surface area contributed by atoms with Crippen molar-refractivity contribution < 1.29 is 9.53 Å². The Morgan fingerprint density at radius 1 is 1.11 bits per heavy atom. The molecule has 0 saturated heterocycles. The Labute approximate surface area is 106 Å². The number of aromatic nitrogens is 2. The normalized spacial score (nSPS) is 10.3. The summed E-state index contributed by atoms with van der Waals surface area (Å²) < 4.78 is 4.73. The molecule has 2 rings (SSSR count). The van der Waals surface area contributed by atoms with Crippen molar-refractivity contribution in [3.8, 4) is 0 Å². The number of esters is 1. The van der Waals surface area contributed by atoms with E-state index in [-0.39, 0.29) is 18.3 Å². The highest BCUT2D eigenvalue weighted by Gasteiger charge is 2.20. The Kier molecular flexibility index (Phi) is 4.02. The average Bonchev–Trinajstić information content (AvgIpc) is 2.46. The van der Waals surface area contributed by atoms with Gasteiger partial charge in [0.1, 0.15) is 0 Å². The fourth-order valence-corrected chi connectivity index (χ4v) is 1.77. The zero-order valence-corrected chi connectivity index (χ0v) is 10.1. The van der Waals surface area contributed by atoms with Gasteiger partial charge in [-0.25, -0.2) is 0 Å². The van der Waals surface area contributed by atoms with Crippen molar-refractivity contribution >= 4 is 5.97 Å². The van der Waals surface area contributed by atoms with Crippen molar-refractivity contribution in [1.29, 1.82) is 0 Å². The molecule has 0 amide bonds. The lowest BCUT2D eigenvalue weighted by Crippen LogP contribution is -2.12. The number of nitrogens with zero attached hydrogens (tertiary/aromatic N) is 2. The molecule has 0 unspecified atom stereocenters. The number of rotatable bonds is 4. The molecule has 0 aliphatic carbocycles. The summed E-state index contributed by atoms with van der Waals surface area (Å²) in [5.74, 6) is -0.434. The van der Waals surface area contributed by atoms with Crippen LogP contribution in [0.3, 0.4) is 0 Å². The Hall–Kier alpha value is -2.23. The van der Waals surface area contributed by atoms with Gasteiger partial charge in [0, 0.05) is 23.8 Å². The third kappa shape index (κ3) is 2.91. The van der Waals surface area contributed by atoms with E-state index in [0.717, 1.165) is 11.4 Å². The topological polar surface area (TPSA) is 52.1 Å². The summed E-state index contributed by atoms with van der Waals surface area (Å²) in [5.41, 5.74) is 1.64. The highest BCUT2D eigenvalue weighted by Crippen LogP contribution is 2.24. The highest BCUT2D eigenvalue weighted by atomic mass is 16.5. The van der Waals surface area contributed by atoms with E-state index in [0.29, 0.717) is 0 Å². The van der Waals surface area contributed by atoms with Crippen LogP contribution in [0.15, 0.2) is 48.8 Å². The third-order valence-corrected chi connectivity index (χ3v) is 2.69. The van der Waals surface area contributed by atoms with E-state index in [2.05, 4.69) is 9.97 Å². The van der Waals surface area contributed by atoms with E-state index >= 15 is 0 Å². The zero-order chi connectivity index (χ0) is 12.8. The van der Waals surface area contributed by atoms with Crippen LogP contribution in [0.4, 0.5) is 0 Å². The molecule has 2 aromatic heterocycles. The lowest BCUT2D eigenvalue weighted by molar-refractivity contribution is -0.140. The first-order chi connectivity index (χ1) is 8.81. The van der Waals surface area contributed by atoms with Gasteiger partial charge in [-0.1, -0.05) is 12.1 Å². The smallest absolute Gasteiger partial charge is 0.306 e. The molecule has 0 fully saturated rings. The van der Waals surface area contributed by atoms with Crippen LogP contribution >= 0.6 is 0 Å². The fourth-order valence-electron chi connectivity index (χ4n) is 1.77. The van der Waals surface area contributed by atoms with Gasteiger partial charge in [-0.05, 0) is 24.3 Å². The minimum atomic E-state index is -0.267. The van der Waals surface area contributed by atoms with Gasteiger partial charge in [0.05, 0.1) is 19.4 Å². The fraction of sp³-hybridized carbons (Fsp3) is 0.214. The first kappa shape index (κ1) is 12.2. The van der Waals surface area contributed by atoms with Crippen LogP contribution in [0.5, 0.6) is 0 Å². The molecule has 0 aliphatic rings. The van der Waals surface area contributed by atoms with E-state index < -0.39 is 0 Å². The summed E-state index contributed by atoms with van der Waals surface area (Å²) in [6.45, 7) is 0. The van der Waals surface area contributed by atoms with Crippen LogP contribution in [-0.4, -0.2) is 23.0 Å².